The molecular formula is C27H24F6N4O2. The molecule has 0 aliphatic carbocycles. The summed E-state index contributed by atoms with van der Waals surface area (Å²) in [6, 6.07) is 19.7. The van der Waals surface area contributed by atoms with E-state index in [4.69, 9.17) is 15.0 Å². The first-order chi connectivity index (χ1) is 18.5. The number of nitrogens with one attached hydrogen (secondary N) is 1. The van der Waals surface area contributed by atoms with Gasteiger partial charge in [-0.05, 0) is 40.0 Å². The summed E-state index contributed by atoms with van der Waals surface area (Å²) in [5.41, 5.74) is 4.30. The number of nitrogens with two attached hydrogens (primary N) is 1. The second-order valence-electron chi connectivity index (χ2n) is 8.76. The molecule has 3 N–H and O–H groups in total. The minimum Gasteiger partial charge on any atom is -0.375 e. The van der Waals surface area contributed by atoms with Gasteiger partial charge in [0.05, 0.1) is 30.9 Å². The Morgan fingerprint density at radius 1 is 0.821 bits per heavy atom. The van der Waals surface area contributed by atoms with Gasteiger partial charge >= 0.3 is 12.4 Å². The zero-order chi connectivity index (χ0) is 28.0. The van der Waals surface area contributed by atoms with Gasteiger partial charge in [-0.15, -0.1) is 0 Å². The number of hydrogen-bond donors (Lipinski definition) is 2. The first-order valence-electron chi connectivity index (χ1n) is 11.8. The highest BCUT2D eigenvalue weighted by atomic mass is 19.4. The number of anilines is 1. The molecule has 0 fully saturated rings. The number of rotatable bonds is 10. The van der Waals surface area contributed by atoms with Crippen LogP contribution in [0.3, 0.4) is 0 Å². The summed E-state index contributed by atoms with van der Waals surface area (Å²) in [4.78, 5) is 3.96. The lowest BCUT2D eigenvalue weighted by Crippen LogP contribution is -2.39. The van der Waals surface area contributed by atoms with E-state index in [-0.39, 0.29) is 42.5 Å². The molecule has 0 spiro atoms. The van der Waals surface area contributed by atoms with Gasteiger partial charge < -0.3 is 20.3 Å². The van der Waals surface area contributed by atoms with Crippen molar-refractivity contribution in [1.82, 2.24) is 15.5 Å². The van der Waals surface area contributed by atoms with Gasteiger partial charge in [0.2, 0.25) is 5.89 Å². The van der Waals surface area contributed by atoms with Crippen molar-refractivity contribution in [1.29, 1.82) is 0 Å². The largest absolute Gasteiger partial charge is 0.416 e. The average molecular weight is 551 g/mol. The molecule has 0 bridgehead atoms. The molecule has 1 unspecified atom stereocenters. The Bertz CT molecular complexity index is 1270. The van der Waals surface area contributed by atoms with Crippen molar-refractivity contribution in [2.75, 3.05) is 12.3 Å². The molecule has 0 saturated carbocycles. The second-order valence-corrected chi connectivity index (χ2v) is 8.76. The fourth-order valence-electron chi connectivity index (χ4n) is 4.22. The van der Waals surface area contributed by atoms with Gasteiger partial charge in [0, 0.05) is 12.0 Å². The summed E-state index contributed by atoms with van der Waals surface area (Å²) in [5.74, 6) is -0.155. The molecule has 0 aliphatic heterocycles. The van der Waals surface area contributed by atoms with Gasteiger partial charge in [0.15, 0.2) is 0 Å². The van der Waals surface area contributed by atoms with Crippen LogP contribution in [0.25, 0.3) is 0 Å². The summed E-state index contributed by atoms with van der Waals surface area (Å²) < 4.78 is 90.5. The van der Waals surface area contributed by atoms with E-state index in [1.54, 1.807) is 0 Å². The molecule has 1 heterocycles. The highest BCUT2D eigenvalue weighted by molar-refractivity contribution is 5.35. The number of aromatic nitrogens is 2. The van der Waals surface area contributed by atoms with Crippen LogP contribution in [0, 0.1) is 0 Å². The Balaban J connectivity index is 1.61. The first kappa shape index (κ1) is 28.1. The van der Waals surface area contributed by atoms with E-state index < -0.39 is 36.1 Å². The fraction of sp³-hybridized carbons (Fsp3) is 0.259. The number of nitrogens with zero attached hydrogens (tertiary/aromatic N) is 2. The van der Waals surface area contributed by atoms with Crippen molar-refractivity contribution in [3.8, 4) is 0 Å². The van der Waals surface area contributed by atoms with Crippen molar-refractivity contribution in [2.45, 2.75) is 37.5 Å². The van der Waals surface area contributed by atoms with Crippen LogP contribution >= 0.6 is 0 Å². The van der Waals surface area contributed by atoms with Crippen LogP contribution in [0.2, 0.25) is 0 Å². The Kier molecular flexibility index (Phi) is 8.56. The lowest BCUT2D eigenvalue weighted by Gasteiger charge is -2.29. The third kappa shape index (κ3) is 7.58. The molecule has 39 heavy (non-hydrogen) atoms. The maximum Gasteiger partial charge on any atom is 0.416 e. The van der Waals surface area contributed by atoms with E-state index >= 15 is 0 Å². The van der Waals surface area contributed by atoms with Gasteiger partial charge in [-0.1, -0.05) is 60.7 Å². The maximum atomic E-state index is 13.3. The molecule has 0 saturated heterocycles. The molecule has 0 radical (unpaired) electrons. The summed E-state index contributed by atoms with van der Waals surface area (Å²) in [5, 5.41) is 6.82. The Morgan fingerprint density at radius 2 is 1.36 bits per heavy atom. The number of halogens is 6. The SMILES string of the molecule is Nc1noc(CNC(COCc2cc(C(F)(F)F)cc(C(F)(F)F)c2)C(c2ccccc2)c2ccccc2)n1. The normalized spacial score (nSPS) is 13.1. The van der Waals surface area contributed by atoms with Crippen molar-refractivity contribution in [3.63, 3.8) is 0 Å². The monoisotopic (exact) mass is 550 g/mol. The number of hydrogen-bond acceptors (Lipinski definition) is 6. The summed E-state index contributed by atoms with van der Waals surface area (Å²) >= 11 is 0. The predicted molar refractivity (Wildman–Crippen MR) is 130 cm³/mol. The van der Waals surface area contributed by atoms with Gasteiger partial charge in [0.25, 0.3) is 5.95 Å². The second kappa shape index (κ2) is 11.9. The predicted octanol–water partition coefficient (Wildman–Crippen LogP) is 6.20. The molecule has 1 aromatic heterocycles. The van der Waals surface area contributed by atoms with Gasteiger partial charge in [-0.3, -0.25) is 0 Å². The van der Waals surface area contributed by atoms with Crippen LogP contribution in [-0.4, -0.2) is 22.8 Å². The lowest BCUT2D eigenvalue weighted by molar-refractivity contribution is -0.143. The van der Waals surface area contributed by atoms with Gasteiger partial charge in [-0.25, -0.2) is 0 Å². The van der Waals surface area contributed by atoms with E-state index in [0.717, 1.165) is 11.1 Å². The third-order valence-corrected chi connectivity index (χ3v) is 5.93. The molecule has 0 amide bonds. The van der Waals surface area contributed by atoms with E-state index in [2.05, 4.69) is 15.5 Å². The summed E-state index contributed by atoms with van der Waals surface area (Å²) in [7, 11) is 0. The Labute approximate surface area is 219 Å². The summed E-state index contributed by atoms with van der Waals surface area (Å²) in [6.45, 7) is -0.458. The molecule has 12 heteroatoms. The molecule has 3 aromatic carbocycles. The van der Waals surface area contributed by atoms with E-state index in [1.165, 1.54) is 0 Å². The highest BCUT2D eigenvalue weighted by Gasteiger charge is 2.37. The average Bonchev–Trinajstić information content (AvgIpc) is 3.32. The standard InChI is InChI=1S/C27H24F6N4O2/c28-26(29,30)20-11-17(12-21(13-20)27(31,32)33)15-38-16-22(35-14-23-36-25(34)37-39-23)24(18-7-3-1-4-8-18)19-9-5-2-6-10-19/h1-13,22,24,35H,14-16H2,(H2,34,37). The zero-order valence-electron chi connectivity index (χ0n) is 20.3. The van der Waals surface area contributed by atoms with Gasteiger partial charge in [-0.2, -0.15) is 31.3 Å². The van der Waals surface area contributed by atoms with E-state index in [1.807, 2.05) is 60.7 Å². The van der Waals surface area contributed by atoms with Crippen molar-refractivity contribution < 1.29 is 35.6 Å². The van der Waals surface area contributed by atoms with Crippen molar-refractivity contribution >= 4 is 5.95 Å². The molecule has 206 valence electrons. The molecule has 6 nitrogen and oxygen atoms in total. The van der Waals surface area contributed by atoms with Crippen LogP contribution in [0.1, 0.15) is 39.6 Å². The molecule has 4 aromatic rings. The first-order valence-corrected chi connectivity index (χ1v) is 11.8. The van der Waals surface area contributed by atoms with E-state index in [0.29, 0.717) is 12.1 Å². The van der Waals surface area contributed by atoms with Crippen molar-refractivity contribution in [3.05, 3.63) is 113 Å². The number of benzene rings is 3. The van der Waals surface area contributed by atoms with Crippen LogP contribution in [0.5, 0.6) is 0 Å². The Hall–Kier alpha value is -3.90. The van der Waals surface area contributed by atoms with Gasteiger partial charge in [0.1, 0.15) is 0 Å². The van der Waals surface area contributed by atoms with Crippen molar-refractivity contribution in [2.24, 2.45) is 0 Å². The highest BCUT2D eigenvalue weighted by Crippen LogP contribution is 2.36. The van der Waals surface area contributed by atoms with Crippen LogP contribution in [-0.2, 0) is 30.2 Å². The molecule has 4 rings (SSSR count). The van der Waals surface area contributed by atoms with Crippen LogP contribution in [0.4, 0.5) is 32.3 Å². The van der Waals surface area contributed by atoms with Crippen LogP contribution in [0.15, 0.2) is 83.4 Å². The number of ether oxygens (including phenoxy) is 1. The van der Waals surface area contributed by atoms with E-state index in [9.17, 15) is 26.3 Å². The smallest absolute Gasteiger partial charge is 0.375 e. The number of alkyl halides is 6. The number of nitrogen functional groups attached to an aromatic ring is 1. The zero-order valence-corrected chi connectivity index (χ0v) is 20.3. The minimum atomic E-state index is -4.95. The molecule has 0 aliphatic rings. The minimum absolute atomic E-state index is 0.0488. The third-order valence-electron chi connectivity index (χ3n) is 5.93. The lowest BCUT2D eigenvalue weighted by atomic mass is 9.85. The van der Waals surface area contributed by atoms with Crippen LogP contribution < -0.4 is 11.1 Å². The summed E-state index contributed by atoms with van der Waals surface area (Å²) in [6.07, 6.45) is -9.89. The maximum absolute atomic E-state index is 13.3. The topological polar surface area (TPSA) is 86.2 Å². The Morgan fingerprint density at radius 3 is 1.82 bits per heavy atom. The quantitative estimate of drug-likeness (QED) is 0.229. The molecular weight excluding hydrogens is 526 g/mol. The molecule has 1 atom stereocenters. The fourth-order valence-corrected chi connectivity index (χ4v) is 4.22.